The summed E-state index contributed by atoms with van der Waals surface area (Å²) in [5, 5.41) is 11.5. The normalized spacial score (nSPS) is 12.6. The number of aliphatic carboxylic acids is 1. The van der Waals surface area contributed by atoms with Gasteiger partial charge in [0.1, 0.15) is 5.60 Å². The van der Waals surface area contributed by atoms with Crippen LogP contribution in [-0.2, 0) is 14.3 Å². The maximum Gasteiger partial charge on any atom is 0.407 e. The van der Waals surface area contributed by atoms with Gasteiger partial charge in [-0.15, -0.1) is 6.58 Å². The van der Waals surface area contributed by atoms with Crippen molar-refractivity contribution in [3.8, 4) is 0 Å². The Morgan fingerprint density at radius 2 is 2.05 bits per heavy atom. The summed E-state index contributed by atoms with van der Waals surface area (Å²) in [4.78, 5) is 22.5. The Kier molecular flexibility index (Phi) is 8.63. The molecule has 0 aliphatic rings. The third-order valence-electron chi connectivity index (χ3n) is 2.32. The van der Waals surface area contributed by atoms with E-state index in [2.05, 4.69) is 11.9 Å². The second-order valence-electron chi connectivity index (χ2n) is 5.42. The van der Waals surface area contributed by atoms with Crippen molar-refractivity contribution in [3.63, 3.8) is 0 Å². The van der Waals surface area contributed by atoms with Crippen LogP contribution in [0.15, 0.2) is 12.7 Å². The highest BCUT2D eigenvalue weighted by Gasteiger charge is 2.20. The summed E-state index contributed by atoms with van der Waals surface area (Å²) in [6, 6.07) is 0. The molecule has 0 rings (SSSR count). The van der Waals surface area contributed by atoms with Crippen molar-refractivity contribution < 1.29 is 24.2 Å². The number of alkyl carbamates (subject to hydrolysis) is 1. The highest BCUT2D eigenvalue weighted by molar-refractivity contribution is 5.72. The lowest BCUT2D eigenvalue weighted by Gasteiger charge is -2.20. The Hall–Kier alpha value is -1.56. The van der Waals surface area contributed by atoms with Gasteiger partial charge in [-0.1, -0.05) is 6.08 Å². The summed E-state index contributed by atoms with van der Waals surface area (Å²) in [6.45, 7) is 9.74. The molecule has 20 heavy (non-hydrogen) atoms. The van der Waals surface area contributed by atoms with Gasteiger partial charge in [0.2, 0.25) is 0 Å². The maximum atomic E-state index is 11.4. The third kappa shape index (κ3) is 10.4. The molecule has 0 aliphatic heterocycles. The number of nitrogens with one attached hydrogen (secondary N) is 1. The number of ether oxygens (including phenoxy) is 2. The first-order chi connectivity index (χ1) is 9.26. The van der Waals surface area contributed by atoms with E-state index >= 15 is 0 Å². The van der Waals surface area contributed by atoms with E-state index in [1.54, 1.807) is 26.8 Å². The van der Waals surface area contributed by atoms with Crippen LogP contribution >= 0.6 is 0 Å². The van der Waals surface area contributed by atoms with E-state index in [1.807, 2.05) is 0 Å². The van der Waals surface area contributed by atoms with Crippen LogP contribution in [0.1, 0.15) is 33.6 Å². The quantitative estimate of drug-likeness (QED) is 0.501. The lowest BCUT2D eigenvalue weighted by atomic mass is 10.0. The van der Waals surface area contributed by atoms with Gasteiger partial charge in [-0.05, 0) is 33.6 Å². The van der Waals surface area contributed by atoms with Crippen LogP contribution in [0.25, 0.3) is 0 Å². The van der Waals surface area contributed by atoms with Crippen molar-refractivity contribution in [2.45, 2.75) is 39.2 Å². The van der Waals surface area contributed by atoms with Gasteiger partial charge >= 0.3 is 12.1 Å². The molecule has 116 valence electrons. The third-order valence-corrected chi connectivity index (χ3v) is 2.32. The van der Waals surface area contributed by atoms with Crippen molar-refractivity contribution in [2.75, 3.05) is 19.8 Å². The fraction of sp³-hybridized carbons (Fsp3) is 0.714. The summed E-state index contributed by atoms with van der Waals surface area (Å²) < 4.78 is 10.2. The molecule has 6 nitrogen and oxygen atoms in total. The van der Waals surface area contributed by atoms with E-state index in [1.165, 1.54) is 0 Å². The minimum atomic E-state index is -0.940. The van der Waals surface area contributed by atoms with E-state index in [0.717, 1.165) is 0 Å². The molecule has 0 aromatic carbocycles. The van der Waals surface area contributed by atoms with Gasteiger partial charge in [-0.25, -0.2) is 4.79 Å². The molecule has 0 heterocycles. The van der Waals surface area contributed by atoms with Gasteiger partial charge in [0, 0.05) is 13.2 Å². The van der Waals surface area contributed by atoms with Crippen LogP contribution in [0.3, 0.4) is 0 Å². The van der Waals surface area contributed by atoms with Gasteiger partial charge < -0.3 is 19.9 Å². The van der Waals surface area contributed by atoms with E-state index in [9.17, 15) is 9.59 Å². The first-order valence-corrected chi connectivity index (χ1v) is 6.64. The number of hydrogen-bond donors (Lipinski definition) is 2. The Morgan fingerprint density at radius 1 is 1.40 bits per heavy atom. The zero-order chi connectivity index (χ0) is 15.6. The molecule has 6 heteroatoms. The Bertz CT molecular complexity index is 322. The Labute approximate surface area is 120 Å². The molecule has 0 unspecified atom stereocenters. The molecule has 0 saturated heterocycles. The smallest absolute Gasteiger partial charge is 0.407 e. The molecule has 0 fully saturated rings. The largest absolute Gasteiger partial charge is 0.481 e. The summed E-state index contributed by atoms with van der Waals surface area (Å²) >= 11 is 0. The zero-order valence-electron chi connectivity index (χ0n) is 12.5. The van der Waals surface area contributed by atoms with E-state index in [0.29, 0.717) is 26.1 Å². The fourth-order valence-electron chi connectivity index (χ4n) is 1.43. The van der Waals surface area contributed by atoms with Gasteiger partial charge in [-0.2, -0.15) is 0 Å². The van der Waals surface area contributed by atoms with Crippen LogP contribution in [0.2, 0.25) is 0 Å². The average molecular weight is 287 g/mol. The molecular weight excluding hydrogens is 262 g/mol. The molecule has 0 radical (unpaired) electrons. The predicted molar refractivity (Wildman–Crippen MR) is 75.6 cm³/mol. The zero-order valence-corrected chi connectivity index (χ0v) is 12.5. The first kappa shape index (κ1) is 18.4. The number of amides is 1. The second-order valence-corrected chi connectivity index (χ2v) is 5.42. The predicted octanol–water partition coefficient (Wildman–Crippen LogP) is 2.19. The van der Waals surface area contributed by atoms with Gasteiger partial charge in [0.05, 0.1) is 12.5 Å². The topological polar surface area (TPSA) is 84.9 Å². The molecule has 0 spiro atoms. The highest BCUT2D eigenvalue weighted by atomic mass is 16.6. The Balaban J connectivity index is 3.99. The van der Waals surface area contributed by atoms with E-state index in [4.69, 9.17) is 14.6 Å². The average Bonchev–Trinajstić information content (AvgIpc) is 2.29. The van der Waals surface area contributed by atoms with Gasteiger partial charge in [-0.3, -0.25) is 4.79 Å². The van der Waals surface area contributed by atoms with Crippen molar-refractivity contribution in [2.24, 2.45) is 5.92 Å². The summed E-state index contributed by atoms with van der Waals surface area (Å²) in [7, 11) is 0. The number of carbonyl (C=O) groups excluding carboxylic acids is 1. The first-order valence-electron chi connectivity index (χ1n) is 6.64. The molecule has 0 aromatic heterocycles. The van der Waals surface area contributed by atoms with E-state index < -0.39 is 23.6 Å². The number of carboxylic acid groups (broad SMARTS) is 1. The lowest BCUT2D eigenvalue weighted by molar-refractivity contribution is -0.141. The monoisotopic (exact) mass is 287 g/mol. The van der Waals surface area contributed by atoms with Gasteiger partial charge in [0.25, 0.3) is 0 Å². The summed E-state index contributed by atoms with van der Waals surface area (Å²) in [5.74, 6) is -1.58. The molecule has 1 atom stereocenters. The number of carbonyl (C=O) groups is 2. The number of rotatable bonds is 9. The second kappa shape index (κ2) is 9.36. The Morgan fingerprint density at radius 3 is 2.55 bits per heavy atom. The maximum absolute atomic E-state index is 11.4. The molecule has 0 saturated carbocycles. The van der Waals surface area contributed by atoms with Crippen molar-refractivity contribution >= 4 is 12.1 Å². The summed E-state index contributed by atoms with van der Waals surface area (Å²) in [6.07, 6.45) is 2.08. The van der Waals surface area contributed by atoms with Crippen LogP contribution < -0.4 is 5.32 Å². The van der Waals surface area contributed by atoms with Crippen LogP contribution in [0.5, 0.6) is 0 Å². The number of carboxylic acids is 1. The van der Waals surface area contributed by atoms with Crippen molar-refractivity contribution in [1.29, 1.82) is 0 Å². The van der Waals surface area contributed by atoms with Crippen LogP contribution in [0.4, 0.5) is 4.79 Å². The molecular formula is C14H25NO5. The van der Waals surface area contributed by atoms with Crippen LogP contribution in [-0.4, -0.2) is 42.5 Å². The SMILES string of the molecule is C=CCOCCC[C@H](CNC(=O)OC(C)(C)C)C(=O)O. The standard InChI is InChI=1S/C14H25NO5/c1-5-8-19-9-6-7-11(12(16)17)10-15-13(18)20-14(2,3)4/h5,11H,1,6-10H2,2-4H3,(H,15,18)(H,16,17)/t11-/m1/s1. The molecule has 0 bridgehead atoms. The van der Waals surface area contributed by atoms with Crippen LogP contribution in [0, 0.1) is 5.92 Å². The van der Waals surface area contributed by atoms with E-state index in [-0.39, 0.29) is 6.54 Å². The van der Waals surface area contributed by atoms with Gasteiger partial charge in [0.15, 0.2) is 0 Å². The van der Waals surface area contributed by atoms with Crippen molar-refractivity contribution in [1.82, 2.24) is 5.32 Å². The molecule has 0 aromatic rings. The molecule has 1 amide bonds. The summed E-state index contributed by atoms with van der Waals surface area (Å²) in [5.41, 5.74) is -0.596. The lowest BCUT2D eigenvalue weighted by Crippen LogP contribution is -2.37. The minimum absolute atomic E-state index is 0.0473. The molecule has 2 N–H and O–H groups in total. The van der Waals surface area contributed by atoms with Crippen molar-refractivity contribution in [3.05, 3.63) is 12.7 Å². The molecule has 0 aliphatic carbocycles. The minimum Gasteiger partial charge on any atom is -0.481 e. The number of hydrogen-bond acceptors (Lipinski definition) is 4. The highest BCUT2D eigenvalue weighted by Crippen LogP contribution is 2.09. The fourth-order valence-corrected chi connectivity index (χ4v) is 1.43.